The van der Waals surface area contributed by atoms with Gasteiger partial charge in [-0.3, -0.25) is 0 Å². The van der Waals surface area contributed by atoms with Gasteiger partial charge in [0.2, 0.25) is 0 Å². The van der Waals surface area contributed by atoms with Crippen LogP contribution in [0.4, 0.5) is 0 Å². The van der Waals surface area contributed by atoms with Crippen LogP contribution in [0.3, 0.4) is 0 Å². The summed E-state index contributed by atoms with van der Waals surface area (Å²) in [6, 6.07) is 12.1. The first-order valence-electron chi connectivity index (χ1n) is 7.87. The SMILES string of the molecule is COc1ccc(Cn2c(C3CCOC3)nc3cccnc32)cc1. The highest BCUT2D eigenvalue weighted by atomic mass is 16.5. The van der Waals surface area contributed by atoms with Crippen LogP contribution in [0.5, 0.6) is 5.75 Å². The van der Waals surface area contributed by atoms with E-state index in [-0.39, 0.29) is 0 Å². The molecule has 1 fully saturated rings. The molecule has 0 N–H and O–H groups in total. The third kappa shape index (κ3) is 2.68. The Morgan fingerprint density at radius 2 is 2.13 bits per heavy atom. The third-order valence-electron chi connectivity index (χ3n) is 4.33. The molecule has 5 heteroatoms. The summed E-state index contributed by atoms with van der Waals surface area (Å²) in [5, 5.41) is 0. The Kier molecular flexibility index (Phi) is 3.71. The molecule has 1 unspecified atom stereocenters. The van der Waals surface area contributed by atoms with Crippen LogP contribution in [-0.2, 0) is 11.3 Å². The van der Waals surface area contributed by atoms with Crippen LogP contribution in [0.1, 0.15) is 23.7 Å². The van der Waals surface area contributed by atoms with E-state index in [4.69, 9.17) is 14.5 Å². The molecule has 0 spiro atoms. The van der Waals surface area contributed by atoms with Gasteiger partial charge in [0.25, 0.3) is 0 Å². The number of benzene rings is 1. The number of rotatable bonds is 4. The van der Waals surface area contributed by atoms with Gasteiger partial charge in [-0.2, -0.15) is 0 Å². The Morgan fingerprint density at radius 1 is 1.26 bits per heavy atom. The first-order valence-corrected chi connectivity index (χ1v) is 7.87. The number of hydrogen-bond donors (Lipinski definition) is 0. The van der Waals surface area contributed by atoms with Crippen molar-refractivity contribution in [3.8, 4) is 5.75 Å². The van der Waals surface area contributed by atoms with Crippen molar-refractivity contribution in [1.29, 1.82) is 0 Å². The summed E-state index contributed by atoms with van der Waals surface area (Å²) in [6.45, 7) is 2.30. The van der Waals surface area contributed by atoms with Crippen molar-refractivity contribution in [3.63, 3.8) is 0 Å². The van der Waals surface area contributed by atoms with Crippen molar-refractivity contribution in [3.05, 3.63) is 54.0 Å². The Labute approximate surface area is 134 Å². The van der Waals surface area contributed by atoms with Crippen molar-refractivity contribution in [2.24, 2.45) is 0 Å². The molecule has 0 saturated carbocycles. The van der Waals surface area contributed by atoms with Gasteiger partial charge in [0.05, 0.1) is 20.3 Å². The molecule has 3 heterocycles. The zero-order valence-electron chi connectivity index (χ0n) is 13.1. The topological polar surface area (TPSA) is 49.2 Å². The quantitative estimate of drug-likeness (QED) is 0.743. The highest BCUT2D eigenvalue weighted by Crippen LogP contribution is 2.28. The number of nitrogens with zero attached hydrogens (tertiary/aromatic N) is 3. The zero-order valence-corrected chi connectivity index (χ0v) is 13.1. The lowest BCUT2D eigenvalue weighted by molar-refractivity contribution is 0.193. The Bertz CT molecular complexity index is 805. The molecule has 118 valence electrons. The summed E-state index contributed by atoms with van der Waals surface area (Å²) in [6.07, 6.45) is 2.84. The van der Waals surface area contributed by atoms with Gasteiger partial charge in [-0.25, -0.2) is 9.97 Å². The molecule has 0 amide bonds. The maximum atomic E-state index is 5.55. The minimum absolute atomic E-state index is 0.349. The molecule has 1 aliphatic heterocycles. The van der Waals surface area contributed by atoms with E-state index in [0.717, 1.165) is 48.9 Å². The summed E-state index contributed by atoms with van der Waals surface area (Å²) in [5.41, 5.74) is 3.09. The van der Waals surface area contributed by atoms with Crippen LogP contribution >= 0.6 is 0 Å². The molecule has 23 heavy (non-hydrogen) atoms. The third-order valence-corrected chi connectivity index (χ3v) is 4.33. The van der Waals surface area contributed by atoms with Crippen LogP contribution in [-0.4, -0.2) is 34.9 Å². The van der Waals surface area contributed by atoms with Gasteiger partial charge in [0.15, 0.2) is 5.65 Å². The standard InChI is InChI=1S/C18H19N3O2/c1-22-15-6-4-13(5-7-15)11-21-17(14-8-10-23-12-14)20-16-3-2-9-19-18(16)21/h2-7,9,14H,8,10-12H2,1H3. The molecule has 0 radical (unpaired) electrons. The molecule has 3 aromatic rings. The van der Waals surface area contributed by atoms with E-state index in [2.05, 4.69) is 21.7 Å². The predicted octanol–water partition coefficient (Wildman–Crippen LogP) is 2.99. The van der Waals surface area contributed by atoms with Gasteiger partial charge in [-0.15, -0.1) is 0 Å². The van der Waals surface area contributed by atoms with Crippen LogP contribution in [0.25, 0.3) is 11.2 Å². The number of imidazole rings is 1. The van der Waals surface area contributed by atoms with Gasteiger partial charge in [0.1, 0.15) is 17.1 Å². The minimum Gasteiger partial charge on any atom is -0.497 e. The van der Waals surface area contributed by atoms with Gasteiger partial charge >= 0.3 is 0 Å². The van der Waals surface area contributed by atoms with Crippen molar-refractivity contribution in [2.45, 2.75) is 18.9 Å². The van der Waals surface area contributed by atoms with Crippen LogP contribution in [0, 0.1) is 0 Å². The monoisotopic (exact) mass is 309 g/mol. The second-order valence-electron chi connectivity index (χ2n) is 5.81. The van der Waals surface area contributed by atoms with Crippen molar-refractivity contribution >= 4 is 11.2 Å². The van der Waals surface area contributed by atoms with Crippen LogP contribution in [0.15, 0.2) is 42.6 Å². The molecule has 5 nitrogen and oxygen atoms in total. The zero-order chi connectivity index (χ0) is 15.6. The van der Waals surface area contributed by atoms with E-state index in [0.29, 0.717) is 5.92 Å². The summed E-state index contributed by atoms with van der Waals surface area (Å²) in [7, 11) is 1.68. The fraction of sp³-hybridized carbons (Fsp3) is 0.333. The van der Waals surface area contributed by atoms with Crippen LogP contribution in [0.2, 0.25) is 0 Å². The van der Waals surface area contributed by atoms with Gasteiger partial charge in [-0.05, 0) is 36.2 Å². The van der Waals surface area contributed by atoms with E-state index in [1.165, 1.54) is 5.56 Å². The average Bonchev–Trinajstić information content (AvgIpc) is 3.24. The molecule has 1 atom stereocenters. The minimum atomic E-state index is 0.349. The largest absolute Gasteiger partial charge is 0.497 e. The molecule has 0 aliphatic carbocycles. The normalized spacial score (nSPS) is 17.7. The molecular formula is C18H19N3O2. The number of methoxy groups -OCH3 is 1. The van der Waals surface area contributed by atoms with E-state index in [1.807, 2.05) is 30.5 Å². The molecule has 1 aromatic carbocycles. The van der Waals surface area contributed by atoms with Gasteiger partial charge < -0.3 is 14.0 Å². The lowest BCUT2D eigenvalue weighted by Crippen LogP contribution is -2.11. The summed E-state index contributed by atoms with van der Waals surface area (Å²) >= 11 is 0. The fourth-order valence-corrected chi connectivity index (χ4v) is 3.10. The summed E-state index contributed by atoms with van der Waals surface area (Å²) in [5.74, 6) is 2.29. The second kappa shape index (κ2) is 6.01. The van der Waals surface area contributed by atoms with E-state index in [9.17, 15) is 0 Å². The summed E-state index contributed by atoms with van der Waals surface area (Å²) < 4.78 is 13.0. The Morgan fingerprint density at radius 3 is 2.87 bits per heavy atom. The summed E-state index contributed by atoms with van der Waals surface area (Å²) in [4.78, 5) is 9.36. The lowest BCUT2D eigenvalue weighted by Gasteiger charge is -2.12. The van der Waals surface area contributed by atoms with E-state index < -0.39 is 0 Å². The number of hydrogen-bond acceptors (Lipinski definition) is 4. The highest BCUT2D eigenvalue weighted by Gasteiger charge is 2.24. The smallest absolute Gasteiger partial charge is 0.160 e. The molecular weight excluding hydrogens is 290 g/mol. The molecule has 1 saturated heterocycles. The maximum absolute atomic E-state index is 5.55. The number of pyridine rings is 1. The number of fused-ring (bicyclic) bond motifs is 1. The fourth-order valence-electron chi connectivity index (χ4n) is 3.10. The van der Waals surface area contributed by atoms with E-state index >= 15 is 0 Å². The maximum Gasteiger partial charge on any atom is 0.160 e. The average molecular weight is 309 g/mol. The van der Waals surface area contributed by atoms with Crippen molar-refractivity contribution in [1.82, 2.24) is 14.5 Å². The van der Waals surface area contributed by atoms with Gasteiger partial charge in [-0.1, -0.05) is 12.1 Å². The Hall–Kier alpha value is -2.40. The van der Waals surface area contributed by atoms with Crippen LogP contribution < -0.4 is 4.74 Å². The molecule has 1 aliphatic rings. The lowest BCUT2D eigenvalue weighted by atomic mass is 10.1. The second-order valence-corrected chi connectivity index (χ2v) is 5.81. The molecule has 2 aromatic heterocycles. The highest BCUT2D eigenvalue weighted by molar-refractivity contribution is 5.71. The first kappa shape index (κ1) is 14.2. The Balaban J connectivity index is 1.75. The predicted molar refractivity (Wildman–Crippen MR) is 87.8 cm³/mol. The number of aromatic nitrogens is 3. The van der Waals surface area contributed by atoms with Gasteiger partial charge in [0, 0.05) is 18.7 Å². The van der Waals surface area contributed by atoms with Crippen molar-refractivity contribution < 1.29 is 9.47 Å². The molecule has 4 rings (SSSR count). The van der Waals surface area contributed by atoms with E-state index in [1.54, 1.807) is 7.11 Å². The number of ether oxygens (including phenoxy) is 2. The first-order chi connectivity index (χ1) is 11.3. The molecule has 0 bridgehead atoms. The van der Waals surface area contributed by atoms with Crippen molar-refractivity contribution in [2.75, 3.05) is 20.3 Å².